The van der Waals surface area contributed by atoms with E-state index in [1.807, 2.05) is 0 Å². The van der Waals surface area contributed by atoms with E-state index in [4.69, 9.17) is 10.8 Å². The van der Waals surface area contributed by atoms with Crippen molar-refractivity contribution in [2.24, 2.45) is 5.73 Å². The molecule has 1 atom stereocenters. The number of rotatable bonds is 3. The Morgan fingerprint density at radius 3 is 2.40 bits per heavy atom. The summed E-state index contributed by atoms with van der Waals surface area (Å²) in [6, 6.07) is 3.15. The van der Waals surface area contributed by atoms with Gasteiger partial charge in [-0.15, -0.1) is 0 Å². The van der Waals surface area contributed by atoms with Crippen LogP contribution in [0.3, 0.4) is 0 Å². The molecule has 0 saturated carbocycles. The number of halogens is 2. The summed E-state index contributed by atoms with van der Waals surface area (Å²) in [7, 11) is 0. The molecule has 0 saturated heterocycles. The highest BCUT2D eigenvalue weighted by molar-refractivity contribution is 5.27. The monoisotopic (exact) mass is 215 g/mol. The van der Waals surface area contributed by atoms with Crippen molar-refractivity contribution in [2.45, 2.75) is 25.3 Å². The van der Waals surface area contributed by atoms with Crippen LogP contribution >= 0.6 is 0 Å². The molecule has 15 heavy (non-hydrogen) atoms. The van der Waals surface area contributed by atoms with Gasteiger partial charge in [0.1, 0.15) is 0 Å². The Morgan fingerprint density at radius 1 is 1.33 bits per heavy atom. The highest BCUT2D eigenvalue weighted by Gasteiger charge is 2.28. The minimum atomic E-state index is -0.897. The van der Waals surface area contributed by atoms with Crippen molar-refractivity contribution < 1.29 is 13.9 Å². The zero-order chi connectivity index (χ0) is 11.6. The first kappa shape index (κ1) is 12.1. The van der Waals surface area contributed by atoms with Gasteiger partial charge in [0.05, 0.1) is 6.61 Å². The molecule has 0 bridgehead atoms. The van der Waals surface area contributed by atoms with Gasteiger partial charge in [-0.25, -0.2) is 8.78 Å². The van der Waals surface area contributed by atoms with Crippen LogP contribution in [0.2, 0.25) is 0 Å². The molecule has 0 aliphatic rings. The van der Waals surface area contributed by atoms with Gasteiger partial charge < -0.3 is 10.8 Å². The molecular weight excluding hydrogens is 200 g/mol. The lowest BCUT2D eigenvalue weighted by molar-refractivity contribution is 0.219. The van der Waals surface area contributed by atoms with Crippen LogP contribution in [-0.2, 0) is 5.41 Å². The summed E-state index contributed by atoms with van der Waals surface area (Å²) in [5, 5.41) is 8.96. The van der Waals surface area contributed by atoms with Crippen molar-refractivity contribution in [1.29, 1.82) is 0 Å². The van der Waals surface area contributed by atoms with Crippen LogP contribution in [-0.4, -0.2) is 17.8 Å². The van der Waals surface area contributed by atoms with Crippen LogP contribution in [0, 0.1) is 11.6 Å². The fourth-order valence-corrected chi connectivity index (χ4v) is 1.34. The van der Waals surface area contributed by atoms with E-state index in [0.717, 1.165) is 12.1 Å². The van der Waals surface area contributed by atoms with Crippen molar-refractivity contribution >= 4 is 0 Å². The average molecular weight is 215 g/mol. The summed E-state index contributed by atoms with van der Waals surface area (Å²) < 4.78 is 25.7. The Balaban J connectivity index is 3.10. The maximum Gasteiger partial charge on any atom is 0.159 e. The van der Waals surface area contributed by atoms with E-state index in [1.165, 1.54) is 6.07 Å². The molecule has 1 aromatic carbocycles. The van der Waals surface area contributed by atoms with Gasteiger partial charge in [0.2, 0.25) is 0 Å². The molecule has 1 rings (SSSR count). The van der Waals surface area contributed by atoms with Crippen molar-refractivity contribution in [3.8, 4) is 0 Å². The largest absolute Gasteiger partial charge is 0.395 e. The second kappa shape index (κ2) is 4.24. The standard InChI is InChI=1S/C11H15F2NO/c1-11(2,10(14)6-15)7-3-4-8(12)9(13)5-7/h3-5,10,15H,6,14H2,1-2H3. The minimum Gasteiger partial charge on any atom is -0.395 e. The Kier molecular flexibility index (Phi) is 3.42. The Bertz CT molecular complexity index is 352. The van der Waals surface area contributed by atoms with Gasteiger partial charge >= 0.3 is 0 Å². The molecule has 0 heterocycles. The van der Waals surface area contributed by atoms with Crippen LogP contribution in [0.25, 0.3) is 0 Å². The van der Waals surface area contributed by atoms with E-state index in [-0.39, 0.29) is 6.61 Å². The molecule has 4 heteroatoms. The quantitative estimate of drug-likeness (QED) is 0.803. The van der Waals surface area contributed by atoms with Crippen LogP contribution in [0.4, 0.5) is 8.78 Å². The van der Waals surface area contributed by atoms with E-state index < -0.39 is 23.1 Å². The Hall–Kier alpha value is -1.00. The molecule has 1 unspecified atom stereocenters. The van der Waals surface area contributed by atoms with Crippen molar-refractivity contribution in [3.05, 3.63) is 35.4 Å². The molecule has 0 aromatic heterocycles. The minimum absolute atomic E-state index is 0.202. The molecule has 0 amide bonds. The lowest BCUT2D eigenvalue weighted by Crippen LogP contribution is -2.43. The normalized spacial score (nSPS) is 14.0. The molecule has 0 aliphatic carbocycles. The first-order valence-electron chi connectivity index (χ1n) is 4.71. The zero-order valence-electron chi connectivity index (χ0n) is 8.80. The molecule has 0 radical (unpaired) electrons. The average Bonchev–Trinajstić information content (AvgIpc) is 2.20. The molecule has 3 N–H and O–H groups in total. The van der Waals surface area contributed by atoms with Gasteiger partial charge in [-0.3, -0.25) is 0 Å². The molecule has 84 valence electrons. The molecule has 0 aliphatic heterocycles. The first-order valence-corrected chi connectivity index (χ1v) is 4.71. The zero-order valence-corrected chi connectivity index (χ0v) is 8.80. The topological polar surface area (TPSA) is 46.2 Å². The number of aliphatic hydroxyl groups is 1. The summed E-state index contributed by atoms with van der Waals surface area (Å²) in [4.78, 5) is 0. The SMILES string of the molecule is CC(C)(c1ccc(F)c(F)c1)C(N)CO. The summed E-state index contributed by atoms with van der Waals surface area (Å²) in [5.74, 6) is -1.78. The number of aliphatic hydroxyl groups excluding tert-OH is 1. The van der Waals surface area contributed by atoms with E-state index in [0.29, 0.717) is 5.56 Å². The van der Waals surface area contributed by atoms with E-state index >= 15 is 0 Å². The summed E-state index contributed by atoms with van der Waals surface area (Å²) in [5.41, 5.74) is 5.68. The third kappa shape index (κ3) is 2.33. The second-order valence-electron chi connectivity index (χ2n) is 4.14. The van der Waals surface area contributed by atoms with Crippen LogP contribution < -0.4 is 5.73 Å². The third-order valence-corrected chi connectivity index (χ3v) is 2.79. The predicted octanol–water partition coefficient (Wildman–Crippen LogP) is 1.56. The third-order valence-electron chi connectivity index (χ3n) is 2.79. The number of hydrogen-bond donors (Lipinski definition) is 2. The predicted molar refractivity (Wildman–Crippen MR) is 54.4 cm³/mol. The fraction of sp³-hybridized carbons (Fsp3) is 0.455. The summed E-state index contributed by atoms with van der Waals surface area (Å²) in [6.45, 7) is 3.35. The van der Waals surface area contributed by atoms with Crippen molar-refractivity contribution in [1.82, 2.24) is 0 Å². The number of hydrogen-bond acceptors (Lipinski definition) is 2. The summed E-state index contributed by atoms with van der Waals surface area (Å²) >= 11 is 0. The number of benzene rings is 1. The van der Waals surface area contributed by atoms with Crippen LogP contribution in [0.1, 0.15) is 19.4 Å². The molecule has 0 spiro atoms. The fourth-order valence-electron chi connectivity index (χ4n) is 1.34. The van der Waals surface area contributed by atoms with E-state index in [1.54, 1.807) is 13.8 Å². The molecular formula is C11H15F2NO. The van der Waals surface area contributed by atoms with Gasteiger partial charge in [0.25, 0.3) is 0 Å². The van der Waals surface area contributed by atoms with E-state index in [2.05, 4.69) is 0 Å². The van der Waals surface area contributed by atoms with Crippen LogP contribution in [0.5, 0.6) is 0 Å². The number of nitrogens with two attached hydrogens (primary N) is 1. The van der Waals surface area contributed by atoms with Crippen molar-refractivity contribution in [3.63, 3.8) is 0 Å². The Morgan fingerprint density at radius 2 is 1.93 bits per heavy atom. The van der Waals surface area contributed by atoms with Gasteiger partial charge in [-0.1, -0.05) is 19.9 Å². The van der Waals surface area contributed by atoms with Gasteiger partial charge in [-0.2, -0.15) is 0 Å². The lowest BCUT2D eigenvalue weighted by atomic mass is 9.78. The molecule has 0 fully saturated rings. The Labute approximate surface area is 87.7 Å². The van der Waals surface area contributed by atoms with E-state index in [9.17, 15) is 8.78 Å². The highest BCUT2D eigenvalue weighted by atomic mass is 19.2. The smallest absolute Gasteiger partial charge is 0.159 e. The maximum atomic E-state index is 13.0. The second-order valence-corrected chi connectivity index (χ2v) is 4.14. The van der Waals surface area contributed by atoms with Gasteiger partial charge in [-0.05, 0) is 17.7 Å². The van der Waals surface area contributed by atoms with Crippen LogP contribution in [0.15, 0.2) is 18.2 Å². The van der Waals surface area contributed by atoms with Gasteiger partial charge in [0.15, 0.2) is 11.6 Å². The molecule has 1 aromatic rings. The maximum absolute atomic E-state index is 13.0. The van der Waals surface area contributed by atoms with Gasteiger partial charge in [0, 0.05) is 11.5 Å². The summed E-state index contributed by atoms with van der Waals surface area (Å²) in [6.07, 6.45) is 0. The van der Waals surface area contributed by atoms with Crippen molar-refractivity contribution in [2.75, 3.05) is 6.61 Å². The highest BCUT2D eigenvalue weighted by Crippen LogP contribution is 2.27. The lowest BCUT2D eigenvalue weighted by Gasteiger charge is -2.30. The first-order chi connectivity index (χ1) is 6.89. The molecule has 2 nitrogen and oxygen atoms in total.